The van der Waals surface area contributed by atoms with Gasteiger partial charge in [0.2, 0.25) is 0 Å². The quantitative estimate of drug-likeness (QED) is 0.157. The van der Waals surface area contributed by atoms with Crippen LogP contribution in [0.5, 0.6) is 0 Å². The van der Waals surface area contributed by atoms with E-state index in [0.29, 0.717) is 31.5 Å². The second-order valence-electron chi connectivity index (χ2n) is 21.7. The average molecular weight is 791 g/mol. The minimum atomic E-state index is -1.12. The van der Waals surface area contributed by atoms with Crippen LogP contribution in [-0.2, 0) is 0 Å². The van der Waals surface area contributed by atoms with Crippen molar-refractivity contribution in [1.82, 2.24) is 4.90 Å². The van der Waals surface area contributed by atoms with Gasteiger partial charge in [0.15, 0.2) is 5.78 Å². The van der Waals surface area contributed by atoms with Gasteiger partial charge in [0.25, 0.3) is 0 Å². The number of carbonyl (C=O) groups is 2. The van der Waals surface area contributed by atoms with Crippen molar-refractivity contribution < 1.29 is 19.8 Å². The summed E-state index contributed by atoms with van der Waals surface area (Å²) in [5.41, 5.74) is 1.97. The number of aliphatic hydroxyl groups is 2. The van der Waals surface area contributed by atoms with E-state index < -0.39 is 22.5 Å². The number of urea groups is 1. The molecule has 6 heteroatoms. The number of amides is 2. The van der Waals surface area contributed by atoms with Crippen LogP contribution in [0.15, 0.2) is 109 Å². The van der Waals surface area contributed by atoms with E-state index in [1.54, 1.807) is 0 Å². The van der Waals surface area contributed by atoms with Gasteiger partial charge in [-0.15, -0.1) is 0 Å². The van der Waals surface area contributed by atoms with Crippen molar-refractivity contribution in [2.24, 2.45) is 56.7 Å². The highest BCUT2D eigenvalue weighted by molar-refractivity contribution is 6.10. The van der Waals surface area contributed by atoms with E-state index >= 15 is 4.79 Å². The molecule has 0 radical (unpaired) electrons. The number of hydrogen-bond donors (Lipinski definition) is 3. The van der Waals surface area contributed by atoms with Crippen molar-refractivity contribution in [2.45, 2.75) is 109 Å². The fourth-order valence-electron chi connectivity index (χ4n) is 16.3. The van der Waals surface area contributed by atoms with Gasteiger partial charge in [-0.25, -0.2) is 4.79 Å². The van der Waals surface area contributed by atoms with Crippen LogP contribution in [-0.4, -0.2) is 51.7 Å². The molecule has 10 aliphatic rings. The largest absolute Gasteiger partial charge is 0.393 e. The van der Waals surface area contributed by atoms with Crippen molar-refractivity contribution in [2.75, 3.05) is 18.4 Å². The first-order valence-electron chi connectivity index (χ1n) is 23.0. The smallest absolute Gasteiger partial charge is 0.321 e. The monoisotopic (exact) mass is 790 g/mol. The number of anilines is 1. The molecule has 0 saturated heterocycles. The van der Waals surface area contributed by atoms with Gasteiger partial charge >= 0.3 is 6.03 Å². The Morgan fingerprint density at radius 1 is 0.695 bits per heavy atom. The number of ketones is 1. The molecule has 2 spiro atoms. The van der Waals surface area contributed by atoms with Crippen LogP contribution in [0.4, 0.5) is 10.5 Å². The first kappa shape index (κ1) is 38.0. The van der Waals surface area contributed by atoms with Crippen molar-refractivity contribution in [3.8, 4) is 11.1 Å². The molecule has 308 valence electrons. The Labute approximate surface area is 350 Å². The van der Waals surface area contributed by atoms with E-state index in [2.05, 4.69) is 61.7 Å². The SMILES string of the molecule is CC12CCC(O)CC13C=CC1(C(C(=O)c4ccc(-c5ccccc5)cc4)=C3)C2CCC2(C)C1CCC2(O)CN(CC12CC3CC(CC(C3)C1)C2)C(=O)Nc1ccccc1. The Kier molecular flexibility index (Phi) is 8.52. The number of nitrogens with one attached hydrogen (secondary N) is 1. The second kappa shape index (κ2) is 13.2. The third-order valence-electron chi connectivity index (χ3n) is 18.7. The fourth-order valence-corrected chi connectivity index (χ4v) is 16.3. The molecule has 8 unspecified atom stereocenters. The topological polar surface area (TPSA) is 89.9 Å². The van der Waals surface area contributed by atoms with Gasteiger partial charge in [0.05, 0.1) is 18.2 Å². The van der Waals surface area contributed by atoms with E-state index in [1.165, 1.54) is 38.5 Å². The van der Waals surface area contributed by atoms with E-state index in [4.69, 9.17) is 0 Å². The third kappa shape index (κ3) is 5.56. The van der Waals surface area contributed by atoms with Gasteiger partial charge in [-0.2, -0.15) is 0 Å². The van der Waals surface area contributed by atoms with Crippen molar-refractivity contribution in [3.63, 3.8) is 0 Å². The summed E-state index contributed by atoms with van der Waals surface area (Å²) in [4.78, 5) is 32.0. The van der Waals surface area contributed by atoms with E-state index in [-0.39, 0.29) is 39.9 Å². The van der Waals surface area contributed by atoms with Gasteiger partial charge in [-0.05, 0) is 147 Å². The number of hydrogen-bond acceptors (Lipinski definition) is 4. The standard InChI is InChI=1S/C53H62N2O4/c1-48-20-17-42(56)31-51(48)23-24-53(43(32-51)46(57)40-15-13-39(14-16-40)38-9-5-3-6-10-38)44(48)18-21-49(2)45(53)19-22-52(49,59)34-55(47(58)54-41-11-7-4-8-12-41)33-50-28-35-25-36(29-50)27-37(26-35)30-50/h3-16,23-24,32,35-37,42,44-45,56,59H,17-22,25-31,33-34H2,1-2H3,(H,54,58). The molecule has 59 heavy (non-hydrogen) atoms. The van der Waals surface area contributed by atoms with Gasteiger partial charge < -0.3 is 20.4 Å². The second-order valence-corrected chi connectivity index (χ2v) is 21.7. The molecule has 6 nitrogen and oxygen atoms in total. The number of rotatable bonds is 8. The minimum Gasteiger partial charge on any atom is -0.393 e. The van der Waals surface area contributed by atoms with Crippen molar-refractivity contribution in [3.05, 3.63) is 114 Å². The first-order valence-corrected chi connectivity index (χ1v) is 23.0. The van der Waals surface area contributed by atoms with Crippen LogP contribution in [0.3, 0.4) is 0 Å². The zero-order valence-electron chi connectivity index (χ0n) is 35.0. The van der Waals surface area contributed by atoms with Crippen LogP contribution in [0.2, 0.25) is 0 Å². The van der Waals surface area contributed by atoms with Crippen LogP contribution < -0.4 is 5.32 Å². The average Bonchev–Trinajstić information content (AvgIpc) is 3.50. The molecule has 0 aromatic heterocycles. The summed E-state index contributed by atoms with van der Waals surface area (Å²) in [7, 11) is 0. The summed E-state index contributed by atoms with van der Waals surface area (Å²) in [5, 5.41) is 27.9. The zero-order valence-corrected chi connectivity index (χ0v) is 35.0. The molecule has 7 saturated carbocycles. The molecule has 3 N–H and O–H groups in total. The highest BCUT2D eigenvalue weighted by Gasteiger charge is 2.74. The molecule has 3 aromatic carbocycles. The Balaban J connectivity index is 0.963. The lowest BCUT2D eigenvalue weighted by molar-refractivity contribution is -0.176. The normalized spacial score (nSPS) is 42.1. The lowest BCUT2D eigenvalue weighted by Crippen LogP contribution is -2.67. The summed E-state index contributed by atoms with van der Waals surface area (Å²) < 4.78 is 0. The molecular weight excluding hydrogens is 729 g/mol. The molecule has 13 rings (SSSR count). The molecule has 7 fully saturated rings. The molecule has 3 aromatic rings. The lowest BCUT2D eigenvalue weighted by Gasteiger charge is -2.71. The predicted molar refractivity (Wildman–Crippen MR) is 232 cm³/mol. The molecule has 2 amide bonds. The number of allylic oxidation sites excluding steroid dienone is 4. The van der Waals surface area contributed by atoms with Crippen molar-refractivity contribution >= 4 is 17.5 Å². The Morgan fingerprint density at radius 2 is 1.29 bits per heavy atom. The highest BCUT2D eigenvalue weighted by atomic mass is 16.3. The summed E-state index contributed by atoms with van der Waals surface area (Å²) in [5.74, 6) is 2.61. The number of nitrogens with zero attached hydrogens (tertiary/aromatic N) is 1. The van der Waals surface area contributed by atoms with Gasteiger partial charge in [0, 0.05) is 39.6 Å². The molecule has 10 aliphatic carbocycles. The fraction of sp³-hybridized carbons (Fsp3) is 0.547. The maximum absolute atomic E-state index is 15.3. The van der Waals surface area contributed by atoms with Crippen LogP contribution in [0, 0.1) is 56.7 Å². The summed E-state index contributed by atoms with van der Waals surface area (Å²) >= 11 is 0. The highest BCUT2D eigenvalue weighted by Crippen LogP contribution is 2.78. The third-order valence-corrected chi connectivity index (χ3v) is 18.7. The minimum absolute atomic E-state index is 0.0225. The first-order chi connectivity index (χ1) is 28.4. The van der Waals surface area contributed by atoms with Crippen LogP contribution in [0.1, 0.15) is 108 Å². The van der Waals surface area contributed by atoms with Gasteiger partial charge in [-0.1, -0.05) is 105 Å². The predicted octanol–water partition coefficient (Wildman–Crippen LogP) is 10.9. The van der Waals surface area contributed by atoms with E-state index in [0.717, 1.165) is 72.2 Å². The summed E-state index contributed by atoms with van der Waals surface area (Å²) in [6, 6.07) is 28.1. The van der Waals surface area contributed by atoms with Gasteiger partial charge in [0.1, 0.15) is 0 Å². The summed E-state index contributed by atoms with van der Waals surface area (Å²) in [6.07, 6.45) is 19.8. The van der Waals surface area contributed by atoms with E-state index in [9.17, 15) is 15.0 Å². The number of carbonyl (C=O) groups excluding carboxylic acids is 2. The number of Topliss-reactive ketones (excluding diaryl/α,β-unsaturated/α-hetero) is 1. The Morgan fingerprint density at radius 3 is 1.97 bits per heavy atom. The number of fused-ring (bicyclic) bond motifs is 1. The number of para-hydroxylation sites is 1. The maximum atomic E-state index is 15.3. The number of aliphatic hydroxyl groups excluding tert-OH is 1. The molecule has 6 bridgehead atoms. The van der Waals surface area contributed by atoms with Crippen LogP contribution >= 0.6 is 0 Å². The molecule has 8 atom stereocenters. The molecular formula is C53H62N2O4. The maximum Gasteiger partial charge on any atom is 0.321 e. The zero-order chi connectivity index (χ0) is 40.4. The van der Waals surface area contributed by atoms with Crippen LogP contribution in [0.25, 0.3) is 11.1 Å². The van der Waals surface area contributed by atoms with Gasteiger partial charge in [-0.3, -0.25) is 4.79 Å². The molecule has 0 aliphatic heterocycles. The lowest BCUT2D eigenvalue weighted by atomic mass is 9.32. The molecule has 0 heterocycles. The number of benzene rings is 3. The Bertz CT molecular complexity index is 2180. The van der Waals surface area contributed by atoms with E-state index in [1.807, 2.05) is 65.6 Å². The van der Waals surface area contributed by atoms with Crippen molar-refractivity contribution in [1.29, 1.82) is 0 Å². The Hall–Kier alpha value is -4.00. The summed E-state index contributed by atoms with van der Waals surface area (Å²) in [6.45, 7) is 5.74.